The zero-order chi connectivity index (χ0) is 23.8. The van der Waals surface area contributed by atoms with Gasteiger partial charge in [-0.15, -0.1) is 0 Å². The van der Waals surface area contributed by atoms with E-state index in [1.165, 1.54) is 22.8 Å². The van der Waals surface area contributed by atoms with Crippen LogP contribution >= 0.6 is 11.8 Å². The number of fused-ring (bicyclic) bond motifs is 1. The molecule has 0 aliphatic heterocycles. The second kappa shape index (κ2) is 8.68. The maximum Gasteiger partial charge on any atom is 0.354 e. The highest BCUT2D eigenvalue weighted by molar-refractivity contribution is 7.99. The van der Waals surface area contributed by atoms with Crippen LogP contribution in [0.15, 0.2) is 109 Å². The molecule has 1 N–H and O–H groups in total. The Morgan fingerprint density at radius 3 is 2.26 bits per heavy atom. The molecule has 7 heteroatoms. The van der Waals surface area contributed by atoms with E-state index in [9.17, 15) is 19.1 Å². The van der Waals surface area contributed by atoms with E-state index in [2.05, 4.69) is 0 Å². The van der Waals surface area contributed by atoms with E-state index >= 15 is 0 Å². The van der Waals surface area contributed by atoms with Crippen molar-refractivity contribution in [1.29, 1.82) is 0 Å². The van der Waals surface area contributed by atoms with Crippen molar-refractivity contribution < 1.29 is 13.9 Å². The minimum atomic E-state index is -0.807. The number of aryl methyl sites for hydroxylation is 1. The molecule has 0 unspecified atom stereocenters. The lowest BCUT2D eigenvalue weighted by Crippen LogP contribution is -2.23. The van der Waals surface area contributed by atoms with Gasteiger partial charge in [-0.3, -0.25) is 9.36 Å². The molecule has 5 aromatic rings. The molecule has 5 rings (SSSR count). The van der Waals surface area contributed by atoms with Gasteiger partial charge in [0.05, 0.1) is 5.69 Å². The van der Waals surface area contributed by atoms with Gasteiger partial charge in [-0.25, -0.2) is 9.18 Å². The summed E-state index contributed by atoms with van der Waals surface area (Å²) in [4.78, 5) is 26.9. The van der Waals surface area contributed by atoms with Gasteiger partial charge in [0, 0.05) is 16.1 Å². The first-order valence-electron chi connectivity index (χ1n) is 10.5. The van der Waals surface area contributed by atoms with Gasteiger partial charge in [0.2, 0.25) is 0 Å². The van der Waals surface area contributed by atoms with Gasteiger partial charge in [0.15, 0.2) is 11.3 Å². The molecule has 2 heterocycles. The van der Waals surface area contributed by atoms with E-state index in [1.54, 1.807) is 25.1 Å². The number of aromatic hydroxyl groups is 1. The molecule has 0 fully saturated rings. The van der Waals surface area contributed by atoms with Crippen LogP contribution in [-0.4, -0.2) is 9.67 Å². The third kappa shape index (κ3) is 3.70. The molecule has 0 radical (unpaired) electrons. The Kier molecular flexibility index (Phi) is 5.55. The molecule has 0 spiro atoms. The fourth-order valence-corrected chi connectivity index (χ4v) is 4.84. The van der Waals surface area contributed by atoms with Gasteiger partial charge in [-0.1, -0.05) is 66.4 Å². The minimum Gasteiger partial charge on any atom is -0.505 e. The molecule has 0 saturated carbocycles. The molecule has 34 heavy (non-hydrogen) atoms. The molecule has 0 amide bonds. The molecule has 0 bridgehead atoms. The standard InChI is InChI=1S/C27H18FNO4S/c1-16-22(17-9-4-2-5-10-17)29(19-12-6-3-7-13-19)26(31)21-23(30)25(27(32)33-24(16)21)34-20-14-8-11-18(28)15-20/h2-15,30H,1H3. The van der Waals surface area contributed by atoms with Crippen LogP contribution in [0.4, 0.5) is 4.39 Å². The maximum absolute atomic E-state index is 13.8. The van der Waals surface area contributed by atoms with Crippen molar-refractivity contribution in [3.05, 3.63) is 117 Å². The summed E-state index contributed by atoms with van der Waals surface area (Å²) in [5.74, 6) is -0.970. The summed E-state index contributed by atoms with van der Waals surface area (Å²) in [6, 6.07) is 23.9. The SMILES string of the molecule is Cc1c(-c2ccccc2)n(-c2ccccc2)c(=O)c2c(O)c(Sc3cccc(F)c3)c(=O)oc12. The Balaban J connectivity index is 1.86. The van der Waals surface area contributed by atoms with Crippen molar-refractivity contribution in [3.8, 4) is 22.7 Å². The average molecular weight is 472 g/mol. The summed E-state index contributed by atoms with van der Waals surface area (Å²) < 4.78 is 20.8. The van der Waals surface area contributed by atoms with E-state index in [1.807, 2.05) is 48.5 Å². The Labute approximate surface area is 197 Å². The Bertz CT molecular complexity index is 1640. The van der Waals surface area contributed by atoms with E-state index in [0.717, 1.165) is 17.3 Å². The van der Waals surface area contributed by atoms with Crippen molar-refractivity contribution in [2.75, 3.05) is 0 Å². The zero-order valence-electron chi connectivity index (χ0n) is 18.0. The lowest BCUT2D eigenvalue weighted by Gasteiger charge is -2.18. The monoisotopic (exact) mass is 471 g/mol. The third-order valence-corrected chi connectivity index (χ3v) is 6.53. The summed E-state index contributed by atoms with van der Waals surface area (Å²) in [6.07, 6.45) is 0. The van der Waals surface area contributed by atoms with Gasteiger partial charge < -0.3 is 9.52 Å². The topological polar surface area (TPSA) is 72.4 Å². The number of para-hydroxylation sites is 1. The number of hydrogen-bond acceptors (Lipinski definition) is 5. The van der Waals surface area contributed by atoms with Crippen molar-refractivity contribution in [3.63, 3.8) is 0 Å². The number of pyridine rings is 1. The van der Waals surface area contributed by atoms with Crippen LogP contribution in [0, 0.1) is 12.7 Å². The molecule has 5 nitrogen and oxygen atoms in total. The first-order valence-corrected chi connectivity index (χ1v) is 11.3. The number of aromatic nitrogens is 1. The highest BCUT2D eigenvalue weighted by Crippen LogP contribution is 2.38. The Morgan fingerprint density at radius 2 is 1.59 bits per heavy atom. The van der Waals surface area contributed by atoms with Crippen molar-refractivity contribution in [2.45, 2.75) is 16.7 Å². The van der Waals surface area contributed by atoms with E-state index < -0.39 is 22.8 Å². The Morgan fingerprint density at radius 1 is 0.912 bits per heavy atom. The smallest absolute Gasteiger partial charge is 0.354 e. The largest absolute Gasteiger partial charge is 0.505 e. The zero-order valence-corrected chi connectivity index (χ0v) is 18.8. The molecule has 168 valence electrons. The molecule has 2 aromatic heterocycles. The van der Waals surface area contributed by atoms with Gasteiger partial charge in [0.1, 0.15) is 16.1 Å². The molecule has 0 aliphatic carbocycles. The maximum atomic E-state index is 13.8. The highest BCUT2D eigenvalue weighted by Gasteiger charge is 2.25. The fourth-order valence-electron chi connectivity index (χ4n) is 3.96. The lowest BCUT2D eigenvalue weighted by atomic mass is 10.0. The predicted octanol–water partition coefficient (Wildman–Crippen LogP) is 5.92. The number of nitrogens with zero attached hydrogens (tertiary/aromatic N) is 1. The van der Waals surface area contributed by atoms with Crippen LogP contribution in [0.5, 0.6) is 5.75 Å². The average Bonchev–Trinajstić information content (AvgIpc) is 2.84. The van der Waals surface area contributed by atoms with Crippen LogP contribution in [0.1, 0.15) is 5.56 Å². The molecule has 0 atom stereocenters. The summed E-state index contributed by atoms with van der Waals surface area (Å²) in [6.45, 7) is 1.74. The second-order valence-electron chi connectivity index (χ2n) is 7.65. The van der Waals surface area contributed by atoms with E-state index in [-0.39, 0.29) is 15.9 Å². The number of benzene rings is 3. The quantitative estimate of drug-likeness (QED) is 0.353. The van der Waals surface area contributed by atoms with Crippen molar-refractivity contribution >= 4 is 22.7 Å². The van der Waals surface area contributed by atoms with Gasteiger partial charge in [-0.05, 0) is 42.8 Å². The van der Waals surface area contributed by atoms with E-state index in [0.29, 0.717) is 21.8 Å². The third-order valence-electron chi connectivity index (χ3n) is 5.47. The van der Waals surface area contributed by atoms with Gasteiger partial charge in [-0.2, -0.15) is 0 Å². The van der Waals surface area contributed by atoms with Crippen molar-refractivity contribution in [2.24, 2.45) is 0 Å². The normalized spacial score (nSPS) is 11.1. The van der Waals surface area contributed by atoms with E-state index in [4.69, 9.17) is 4.42 Å². The number of rotatable bonds is 4. The number of hydrogen-bond donors (Lipinski definition) is 1. The van der Waals surface area contributed by atoms with Crippen LogP contribution in [0.2, 0.25) is 0 Å². The first kappa shape index (κ1) is 21.7. The van der Waals surface area contributed by atoms with Crippen LogP contribution in [-0.2, 0) is 0 Å². The predicted molar refractivity (Wildman–Crippen MR) is 130 cm³/mol. The molecule has 0 aliphatic rings. The van der Waals surface area contributed by atoms with Gasteiger partial charge in [0.25, 0.3) is 5.56 Å². The minimum absolute atomic E-state index is 0.0159. The van der Waals surface area contributed by atoms with Crippen LogP contribution in [0.25, 0.3) is 27.9 Å². The first-order chi connectivity index (χ1) is 16.5. The molecule has 3 aromatic carbocycles. The van der Waals surface area contributed by atoms with Crippen LogP contribution in [0.3, 0.4) is 0 Å². The summed E-state index contributed by atoms with van der Waals surface area (Å²) in [5.41, 5.74) is 1.11. The number of halogens is 1. The molecule has 0 saturated heterocycles. The summed E-state index contributed by atoms with van der Waals surface area (Å²) in [5, 5.41) is 11.0. The summed E-state index contributed by atoms with van der Waals surface area (Å²) >= 11 is 0.842. The highest BCUT2D eigenvalue weighted by atomic mass is 32.2. The fraction of sp³-hybridized carbons (Fsp3) is 0.0370. The van der Waals surface area contributed by atoms with Gasteiger partial charge >= 0.3 is 5.63 Å². The second-order valence-corrected chi connectivity index (χ2v) is 8.73. The van der Waals surface area contributed by atoms with Crippen molar-refractivity contribution in [1.82, 2.24) is 4.57 Å². The molecular formula is C27H18FNO4S. The summed E-state index contributed by atoms with van der Waals surface area (Å²) in [7, 11) is 0. The Hall–Kier alpha value is -4.10. The molecular weight excluding hydrogens is 453 g/mol. The van der Waals surface area contributed by atoms with Crippen LogP contribution < -0.4 is 11.2 Å². The lowest BCUT2D eigenvalue weighted by molar-refractivity contribution is 0.445.